The summed E-state index contributed by atoms with van der Waals surface area (Å²) in [6.07, 6.45) is 2.02. The number of hydrogen-bond acceptors (Lipinski definition) is 5. The fourth-order valence-electron chi connectivity index (χ4n) is 2.59. The maximum atomic E-state index is 11.5. The van der Waals surface area contributed by atoms with E-state index in [1.54, 1.807) is 6.92 Å². The average molecular weight is 260 g/mol. The fraction of sp³-hybridized carbons (Fsp3) is 0.286. The van der Waals surface area contributed by atoms with E-state index in [0.29, 0.717) is 30.4 Å². The highest BCUT2D eigenvalue weighted by molar-refractivity contribution is 6.02. The molecular formula is C14H12O5. The van der Waals surface area contributed by atoms with Crippen molar-refractivity contribution < 1.29 is 19.1 Å². The lowest BCUT2D eigenvalue weighted by atomic mass is 9.95. The molecule has 0 fully saturated rings. The number of carbonyl (C=O) groups excluding carboxylic acids is 1. The Labute approximate surface area is 108 Å². The Kier molecular flexibility index (Phi) is 2.55. The lowest BCUT2D eigenvalue weighted by Crippen LogP contribution is -2.12. The molecule has 0 bridgehead atoms. The first kappa shape index (κ1) is 11.8. The third-order valence-electron chi connectivity index (χ3n) is 3.38. The van der Waals surface area contributed by atoms with Gasteiger partial charge >= 0.3 is 5.63 Å². The number of phenols is 1. The van der Waals surface area contributed by atoms with Crippen molar-refractivity contribution >= 4 is 17.3 Å². The Morgan fingerprint density at radius 1 is 1.42 bits per heavy atom. The standard InChI is InChI=1S/C14H12O5/c1-7-5-10(16)19-13-9(6-15)12(17)14-8(11(7)13)3-2-4-18-14/h5-6,17H,2-4H2,1H3. The van der Waals surface area contributed by atoms with Gasteiger partial charge in [-0.2, -0.15) is 0 Å². The number of aldehydes is 1. The minimum Gasteiger partial charge on any atom is -0.504 e. The van der Waals surface area contributed by atoms with Crippen molar-refractivity contribution in [3.8, 4) is 11.5 Å². The second-order valence-corrected chi connectivity index (χ2v) is 4.59. The molecule has 0 saturated carbocycles. The molecule has 2 heterocycles. The van der Waals surface area contributed by atoms with E-state index in [1.807, 2.05) is 0 Å². The summed E-state index contributed by atoms with van der Waals surface area (Å²) >= 11 is 0. The van der Waals surface area contributed by atoms with Crippen LogP contribution in [0.2, 0.25) is 0 Å². The molecule has 1 N–H and O–H groups in total. The molecule has 1 aromatic carbocycles. The second-order valence-electron chi connectivity index (χ2n) is 4.59. The summed E-state index contributed by atoms with van der Waals surface area (Å²) in [5.41, 5.74) is 1.09. The van der Waals surface area contributed by atoms with Crippen molar-refractivity contribution in [1.82, 2.24) is 0 Å². The monoisotopic (exact) mass is 260 g/mol. The third-order valence-corrected chi connectivity index (χ3v) is 3.38. The number of fused-ring (bicyclic) bond motifs is 3. The van der Waals surface area contributed by atoms with Gasteiger partial charge in [0.1, 0.15) is 5.56 Å². The van der Waals surface area contributed by atoms with Crippen molar-refractivity contribution in [2.45, 2.75) is 19.8 Å². The molecule has 0 amide bonds. The molecule has 5 heteroatoms. The largest absolute Gasteiger partial charge is 0.504 e. The Bertz CT molecular complexity index is 742. The van der Waals surface area contributed by atoms with Crippen LogP contribution in [0, 0.1) is 6.92 Å². The number of benzene rings is 1. The van der Waals surface area contributed by atoms with Gasteiger partial charge in [0, 0.05) is 17.0 Å². The van der Waals surface area contributed by atoms with Crippen molar-refractivity contribution in [2.75, 3.05) is 6.61 Å². The van der Waals surface area contributed by atoms with Gasteiger partial charge in [0.05, 0.1) is 6.61 Å². The molecule has 19 heavy (non-hydrogen) atoms. The number of carbonyl (C=O) groups is 1. The predicted molar refractivity (Wildman–Crippen MR) is 68.1 cm³/mol. The van der Waals surface area contributed by atoms with E-state index in [-0.39, 0.29) is 16.9 Å². The molecule has 2 aromatic rings. The zero-order chi connectivity index (χ0) is 13.6. The van der Waals surface area contributed by atoms with Gasteiger partial charge in [0.2, 0.25) is 0 Å². The van der Waals surface area contributed by atoms with Crippen LogP contribution in [0.15, 0.2) is 15.3 Å². The SMILES string of the molecule is Cc1cc(=O)oc2c(C=O)c(O)c3c(c12)CCCO3. The molecule has 0 atom stereocenters. The predicted octanol–water partition coefficient (Wildman–Crippen LogP) is 1.94. The van der Waals surface area contributed by atoms with E-state index in [0.717, 1.165) is 17.5 Å². The molecule has 5 nitrogen and oxygen atoms in total. The molecule has 0 spiro atoms. The maximum absolute atomic E-state index is 11.5. The quantitative estimate of drug-likeness (QED) is 0.626. The van der Waals surface area contributed by atoms with Crippen LogP contribution in [-0.4, -0.2) is 18.0 Å². The van der Waals surface area contributed by atoms with Crippen LogP contribution >= 0.6 is 0 Å². The summed E-state index contributed by atoms with van der Waals surface area (Å²) < 4.78 is 10.6. The van der Waals surface area contributed by atoms with E-state index in [4.69, 9.17) is 9.15 Å². The van der Waals surface area contributed by atoms with E-state index in [9.17, 15) is 14.7 Å². The van der Waals surface area contributed by atoms with Crippen molar-refractivity contribution in [2.24, 2.45) is 0 Å². The Balaban J connectivity index is 2.57. The van der Waals surface area contributed by atoms with Gasteiger partial charge in [-0.1, -0.05) is 0 Å². The van der Waals surface area contributed by atoms with Crippen molar-refractivity contribution in [1.29, 1.82) is 0 Å². The lowest BCUT2D eigenvalue weighted by molar-refractivity contribution is 0.112. The number of ether oxygens (including phenoxy) is 1. The van der Waals surface area contributed by atoms with E-state index < -0.39 is 5.63 Å². The smallest absolute Gasteiger partial charge is 0.336 e. The van der Waals surface area contributed by atoms with Crippen LogP contribution in [0.1, 0.15) is 27.9 Å². The molecule has 0 radical (unpaired) electrons. The van der Waals surface area contributed by atoms with Crippen LogP contribution in [-0.2, 0) is 6.42 Å². The van der Waals surface area contributed by atoms with Crippen LogP contribution < -0.4 is 10.4 Å². The summed E-state index contributed by atoms with van der Waals surface area (Å²) in [5.74, 6) is 0.0868. The molecule has 98 valence electrons. The van der Waals surface area contributed by atoms with Crippen LogP contribution in [0.5, 0.6) is 11.5 Å². The molecule has 1 aromatic heterocycles. The number of hydrogen-bond donors (Lipinski definition) is 1. The Hall–Kier alpha value is -2.30. The first-order valence-electron chi connectivity index (χ1n) is 6.03. The minimum absolute atomic E-state index is 0.0311. The Morgan fingerprint density at radius 3 is 2.95 bits per heavy atom. The Morgan fingerprint density at radius 2 is 2.21 bits per heavy atom. The van der Waals surface area contributed by atoms with E-state index in [2.05, 4.69) is 0 Å². The number of rotatable bonds is 1. The normalized spacial score (nSPS) is 13.9. The number of phenolic OH excluding ortho intramolecular Hbond substituents is 1. The fourth-order valence-corrected chi connectivity index (χ4v) is 2.59. The van der Waals surface area contributed by atoms with Crippen molar-refractivity contribution in [3.63, 3.8) is 0 Å². The average Bonchev–Trinajstić information content (AvgIpc) is 2.38. The summed E-state index contributed by atoms with van der Waals surface area (Å²) in [7, 11) is 0. The topological polar surface area (TPSA) is 76.7 Å². The molecule has 1 aliphatic rings. The van der Waals surface area contributed by atoms with Gasteiger partial charge in [0.25, 0.3) is 0 Å². The van der Waals surface area contributed by atoms with E-state index >= 15 is 0 Å². The molecule has 0 unspecified atom stereocenters. The summed E-state index contributed by atoms with van der Waals surface area (Å²) in [4.78, 5) is 22.6. The van der Waals surface area contributed by atoms with Crippen LogP contribution in [0.25, 0.3) is 11.0 Å². The lowest BCUT2D eigenvalue weighted by Gasteiger charge is -2.21. The summed E-state index contributed by atoms with van der Waals surface area (Å²) in [5, 5.41) is 10.8. The number of aryl methyl sites for hydroxylation is 2. The van der Waals surface area contributed by atoms with Crippen molar-refractivity contribution in [3.05, 3.63) is 33.2 Å². The number of aromatic hydroxyl groups is 1. The highest BCUT2D eigenvalue weighted by Gasteiger charge is 2.25. The molecule has 3 rings (SSSR count). The second kappa shape index (κ2) is 4.12. The molecule has 1 aliphatic heterocycles. The summed E-state index contributed by atoms with van der Waals surface area (Å²) in [6, 6.07) is 1.38. The van der Waals surface area contributed by atoms with Gasteiger partial charge < -0.3 is 14.3 Å². The first-order valence-corrected chi connectivity index (χ1v) is 6.03. The zero-order valence-corrected chi connectivity index (χ0v) is 10.4. The summed E-state index contributed by atoms with van der Waals surface area (Å²) in [6.45, 7) is 2.28. The van der Waals surface area contributed by atoms with Gasteiger partial charge in [0.15, 0.2) is 23.4 Å². The van der Waals surface area contributed by atoms with Gasteiger partial charge in [-0.3, -0.25) is 4.79 Å². The minimum atomic E-state index is -0.538. The van der Waals surface area contributed by atoms with Gasteiger partial charge in [-0.15, -0.1) is 0 Å². The highest BCUT2D eigenvalue weighted by atomic mass is 16.5. The van der Waals surface area contributed by atoms with Crippen LogP contribution in [0.3, 0.4) is 0 Å². The molecule has 0 saturated heterocycles. The van der Waals surface area contributed by atoms with Gasteiger partial charge in [-0.25, -0.2) is 4.79 Å². The van der Waals surface area contributed by atoms with Gasteiger partial charge in [-0.05, 0) is 25.3 Å². The maximum Gasteiger partial charge on any atom is 0.336 e. The zero-order valence-electron chi connectivity index (χ0n) is 10.4. The van der Waals surface area contributed by atoms with Crippen LogP contribution in [0.4, 0.5) is 0 Å². The third kappa shape index (κ3) is 1.62. The van der Waals surface area contributed by atoms with E-state index in [1.165, 1.54) is 6.07 Å². The molecule has 0 aliphatic carbocycles. The molecular weight excluding hydrogens is 248 g/mol. The highest BCUT2D eigenvalue weighted by Crippen LogP contribution is 2.43. The first-order chi connectivity index (χ1) is 9.13.